The predicted molar refractivity (Wildman–Crippen MR) is 86.3 cm³/mol. The minimum atomic E-state index is -0.311. The number of hydrogen-bond acceptors (Lipinski definition) is 1. The van der Waals surface area contributed by atoms with Crippen LogP contribution in [-0.2, 0) is 6.42 Å². The summed E-state index contributed by atoms with van der Waals surface area (Å²) < 4.78 is 13.2. The van der Waals surface area contributed by atoms with Gasteiger partial charge in [0, 0.05) is 0 Å². The van der Waals surface area contributed by atoms with Crippen molar-refractivity contribution < 1.29 is 4.39 Å². The van der Waals surface area contributed by atoms with Gasteiger partial charge in [-0.15, -0.1) is 0 Å². The first-order chi connectivity index (χ1) is 9.97. The minimum absolute atomic E-state index is 0.117. The smallest absolute Gasteiger partial charge is 0.124 e. The molecule has 3 heteroatoms. The molecule has 0 saturated carbocycles. The molecule has 1 N–H and O–H groups in total. The van der Waals surface area contributed by atoms with Crippen molar-refractivity contribution in [2.75, 3.05) is 5.32 Å². The Hall–Kier alpha value is -1.54. The molecule has 21 heavy (non-hydrogen) atoms. The number of halogens is 2. The van der Waals surface area contributed by atoms with E-state index in [4.69, 9.17) is 11.6 Å². The van der Waals surface area contributed by atoms with Crippen LogP contribution in [0.3, 0.4) is 0 Å². The Labute approximate surface area is 130 Å². The summed E-state index contributed by atoms with van der Waals surface area (Å²) in [6.07, 6.45) is 2.21. The first-order valence-corrected chi connectivity index (χ1v) is 7.64. The number of anilines is 1. The van der Waals surface area contributed by atoms with Crippen LogP contribution in [0.5, 0.6) is 0 Å². The van der Waals surface area contributed by atoms with Crippen LogP contribution in [0.2, 0.25) is 5.02 Å². The third kappa shape index (κ3) is 2.77. The number of aryl methyl sites for hydroxylation is 1. The van der Waals surface area contributed by atoms with Gasteiger partial charge in [0.1, 0.15) is 5.82 Å². The second-order valence-corrected chi connectivity index (χ2v) is 6.80. The molecule has 1 atom stereocenters. The van der Waals surface area contributed by atoms with Crippen molar-refractivity contribution in [2.24, 2.45) is 5.41 Å². The van der Waals surface area contributed by atoms with E-state index in [1.54, 1.807) is 6.07 Å². The minimum Gasteiger partial charge on any atom is -0.376 e. The molecule has 3 rings (SSSR count). The molecule has 0 amide bonds. The molecule has 110 valence electrons. The molecular weight excluding hydrogens is 285 g/mol. The van der Waals surface area contributed by atoms with Crippen molar-refractivity contribution in [1.29, 1.82) is 0 Å². The summed E-state index contributed by atoms with van der Waals surface area (Å²) in [4.78, 5) is 0. The van der Waals surface area contributed by atoms with Crippen LogP contribution in [0.4, 0.5) is 10.1 Å². The number of benzene rings is 2. The molecule has 0 spiro atoms. The van der Waals surface area contributed by atoms with E-state index in [0.717, 1.165) is 18.5 Å². The number of nitrogens with one attached hydrogen (secondary N) is 1. The highest BCUT2D eigenvalue weighted by molar-refractivity contribution is 6.33. The molecule has 1 unspecified atom stereocenters. The van der Waals surface area contributed by atoms with Gasteiger partial charge in [0.25, 0.3) is 0 Å². The number of fused-ring (bicyclic) bond motifs is 1. The molecule has 0 bridgehead atoms. The lowest BCUT2D eigenvalue weighted by molar-refractivity contribution is 0.265. The summed E-state index contributed by atoms with van der Waals surface area (Å²) >= 11 is 6.17. The summed E-state index contributed by atoms with van der Waals surface area (Å²) in [5, 5.41) is 3.95. The van der Waals surface area contributed by atoms with Gasteiger partial charge in [-0.3, -0.25) is 0 Å². The van der Waals surface area contributed by atoms with Gasteiger partial charge in [-0.25, -0.2) is 4.39 Å². The van der Waals surface area contributed by atoms with E-state index in [0.29, 0.717) is 5.02 Å². The highest BCUT2D eigenvalue weighted by Gasteiger charge is 2.35. The second-order valence-electron chi connectivity index (χ2n) is 6.39. The van der Waals surface area contributed by atoms with Crippen molar-refractivity contribution in [3.05, 3.63) is 64.4 Å². The molecule has 2 aromatic carbocycles. The van der Waals surface area contributed by atoms with E-state index < -0.39 is 0 Å². The van der Waals surface area contributed by atoms with Crippen molar-refractivity contribution in [3.63, 3.8) is 0 Å². The molecule has 2 aromatic rings. The van der Waals surface area contributed by atoms with Gasteiger partial charge in [0.2, 0.25) is 0 Å². The van der Waals surface area contributed by atoms with Crippen LogP contribution in [0, 0.1) is 11.2 Å². The zero-order valence-corrected chi connectivity index (χ0v) is 13.0. The van der Waals surface area contributed by atoms with E-state index in [-0.39, 0.29) is 17.3 Å². The lowest BCUT2D eigenvalue weighted by Gasteiger charge is -2.41. The van der Waals surface area contributed by atoms with Crippen LogP contribution in [-0.4, -0.2) is 0 Å². The Bertz CT molecular complexity index is 666. The first-order valence-electron chi connectivity index (χ1n) is 7.27. The lowest BCUT2D eigenvalue weighted by Crippen LogP contribution is -2.33. The molecule has 0 heterocycles. The van der Waals surface area contributed by atoms with Gasteiger partial charge in [-0.05, 0) is 47.6 Å². The quantitative estimate of drug-likeness (QED) is 0.761. The molecule has 0 fully saturated rings. The van der Waals surface area contributed by atoms with Gasteiger partial charge in [0.15, 0.2) is 0 Å². The number of rotatable bonds is 2. The zero-order chi connectivity index (χ0) is 15.0. The van der Waals surface area contributed by atoms with Crippen LogP contribution in [0.15, 0.2) is 42.5 Å². The van der Waals surface area contributed by atoms with E-state index in [1.165, 1.54) is 23.3 Å². The normalized spacial score (nSPS) is 19.9. The van der Waals surface area contributed by atoms with Gasteiger partial charge in [-0.2, -0.15) is 0 Å². The summed E-state index contributed by atoms with van der Waals surface area (Å²) in [6, 6.07) is 13.2. The van der Waals surface area contributed by atoms with Gasteiger partial charge >= 0.3 is 0 Å². The maximum Gasteiger partial charge on any atom is 0.124 e. The topological polar surface area (TPSA) is 12.0 Å². The lowest BCUT2D eigenvalue weighted by atomic mass is 9.70. The van der Waals surface area contributed by atoms with Crippen LogP contribution >= 0.6 is 11.6 Å². The average molecular weight is 304 g/mol. The van der Waals surface area contributed by atoms with Crippen molar-refractivity contribution >= 4 is 17.3 Å². The van der Waals surface area contributed by atoms with Gasteiger partial charge in [-0.1, -0.05) is 49.7 Å². The number of hydrogen-bond donors (Lipinski definition) is 1. The molecular formula is C18H19ClFN. The van der Waals surface area contributed by atoms with Crippen molar-refractivity contribution in [2.45, 2.75) is 32.7 Å². The van der Waals surface area contributed by atoms with Crippen LogP contribution in [0.25, 0.3) is 0 Å². The fourth-order valence-electron chi connectivity index (χ4n) is 3.10. The molecule has 0 saturated heterocycles. The van der Waals surface area contributed by atoms with Crippen LogP contribution < -0.4 is 5.32 Å². The third-order valence-electron chi connectivity index (χ3n) is 4.42. The summed E-state index contributed by atoms with van der Waals surface area (Å²) in [7, 11) is 0. The average Bonchev–Trinajstić information content (AvgIpc) is 2.44. The molecule has 1 aliphatic carbocycles. The maximum absolute atomic E-state index is 13.2. The van der Waals surface area contributed by atoms with Crippen molar-refractivity contribution in [1.82, 2.24) is 0 Å². The Morgan fingerprint density at radius 2 is 1.95 bits per heavy atom. The van der Waals surface area contributed by atoms with E-state index in [1.807, 2.05) is 0 Å². The standard InChI is InChI=1S/C18H19ClFN/c1-18(2)10-9-12-5-3-4-6-14(12)17(18)21-16-8-7-13(20)11-15(16)19/h3-8,11,17,21H,9-10H2,1-2H3. The fourth-order valence-corrected chi connectivity index (χ4v) is 3.32. The summed E-state index contributed by atoms with van der Waals surface area (Å²) in [6.45, 7) is 4.52. The van der Waals surface area contributed by atoms with Gasteiger partial charge in [0.05, 0.1) is 16.8 Å². The molecule has 0 radical (unpaired) electrons. The highest BCUT2D eigenvalue weighted by Crippen LogP contribution is 2.45. The SMILES string of the molecule is CC1(C)CCc2ccccc2C1Nc1ccc(F)cc1Cl. The zero-order valence-electron chi connectivity index (χ0n) is 12.3. The largest absolute Gasteiger partial charge is 0.376 e. The van der Waals surface area contributed by atoms with E-state index in [2.05, 4.69) is 43.4 Å². The molecule has 1 nitrogen and oxygen atoms in total. The summed E-state index contributed by atoms with van der Waals surface area (Å²) in [5.74, 6) is -0.311. The van der Waals surface area contributed by atoms with E-state index >= 15 is 0 Å². The fraction of sp³-hybridized carbons (Fsp3) is 0.333. The van der Waals surface area contributed by atoms with Crippen LogP contribution in [0.1, 0.15) is 37.4 Å². The van der Waals surface area contributed by atoms with Gasteiger partial charge < -0.3 is 5.32 Å². The Morgan fingerprint density at radius 1 is 1.19 bits per heavy atom. The molecule has 0 aliphatic heterocycles. The van der Waals surface area contributed by atoms with E-state index in [9.17, 15) is 4.39 Å². The Morgan fingerprint density at radius 3 is 2.71 bits per heavy atom. The second kappa shape index (κ2) is 5.34. The summed E-state index contributed by atoms with van der Waals surface area (Å²) in [5.41, 5.74) is 3.60. The predicted octanol–water partition coefficient (Wildman–Crippen LogP) is 5.60. The Kier molecular flexibility index (Phi) is 3.66. The monoisotopic (exact) mass is 303 g/mol. The highest BCUT2D eigenvalue weighted by atomic mass is 35.5. The first kappa shape index (κ1) is 14.4. The molecule has 1 aliphatic rings. The van der Waals surface area contributed by atoms with Crippen molar-refractivity contribution in [3.8, 4) is 0 Å². The molecule has 0 aromatic heterocycles. The Balaban J connectivity index is 1.99. The third-order valence-corrected chi connectivity index (χ3v) is 4.73. The maximum atomic E-state index is 13.2.